The van der Waals surface area contributed by atoms with Crippen molar-refractivity contribution in [1.29, 1.82) is 0 Å². The molecule has 1 aliphatic rings. The molecule has 34 heavy (non-hydrogen) atoms. The zero-order chi connectivity index (χ0) is 24.1. The minimum Gasteiger partial charge on any atom is -0.497 e. The van der Waals surface area contributed by atoms with Crippen molar-refractivity contribution >= 4 is 17.5 Å². The summed E-state index contributed by atoms with van der Waals surface area (Å²) >= 11 is 6.19. The molecule has 1 unspecified atom stereocenters. The molecule has 7 nitrogen and oxygen atoms in total. The van der Waals surface area contributed by atoms with Crippen LogP contribution in [0.4, 0.5) is 0 Å². The molecule has 1 atom stereocenters. The SMILES string of the molecule is COc1ccc(C(CNC(=O)c2cnn(-c3cccc(Cl)c3)c2C(C)C)N2CCOCC2)cc1. The molecule has 3 aromatic rings. The van der Waals surface area contributed by atoms with E-state index >= 15 is 0 Å². The lowest BCUT2D eigenvalue weighted by molar-refractivity contribution is 0.0162. The third-order valence-corrected chi connectivity index (χ3v) is 6.33. The number of ether oxygens (including phenoxy) is 2. The van der Waals surface area contributed by atoms with Gasteiger partial charge in [0.15, 0.2) is 0 Å². The van der Waals surface area contributed by atoms with Crippen molar-refractivity contribution in [3.05, 3.63) is 76.6 Å². The Labute approximate surface area is 205 Å². The summed E-state index contributed by atoms with van der Waals surface area (Å²) in [5, 5.41) is 8.31. The second-order valence-electron chi connectivity index (χ2n) is 8.64. The summed E-state index contributed by atoms with van der Waals surface area (Å²) < 4.78 is 12.7. The fourth-order valence-electron chi connectivity index (χ4n) is 4.36. The highest BCUT2D eigenvalue weighted by molar-refractivity contribution is 6.30. The quantitative estimate of drug-likeness (QED) is 0.513. The van der Waals surface area contributed by atoms with E-state index in [1.54, 1.807) is 18.0 Å². The highest BCUT2D eigenvalue weighted by Gasteiger charge is 2.26. The van der Waals surface area contributed by atoms with E-state index in [0.717, 1.165) is 35.8 Å². The Kier molecular flexibility index (Phi) is 7.88. The average molecular weight is 483 g/mol. The van der Waals surface area contributed by atoms with Gasteiger partial charge in [0, 0.05) is 24.7 Å². The molecule has 8 heteroatoms. The fraction of sp³-hybridized carbons (Fsp3) is 0.385. The van der Waals surface area contributed by atoms with Crippen LogP contribution in [-0.4, -0.2) is 60.5 Å². The minimum absolute atomic E-state index is 0.0317. The van der Waals surface area contributed by atoms with E-state index < -0.39 is 0 Å². The van der Waals surface area contributed by atoms with E-state index in [4.69, 9.17) is 21.1 Å². The summed E-state index contributed by atoms with van der Waals surface area (Å²) in [7, 11) is 1.66. The van der Waals surface area contributed by atoms with Crippen molar-refractivity contribution in [2.45, 2.75) is 25.8 Å². The number of hydrogen-bond acceptors (Lipinski definition) is 5. The standard InChI is InChI=1S/C26H31ClN4O3/c1-18(2)25-23(16-29-31(25)21-6-4-5-20(27)15-21)26(32)28-17-24(30-11-13-34-14-12-30)19-7-9-22(33-3)10-8-19/h4-10,15-16,18,24H,11-14,17H2,1-3H3,(H,28,32). The van der Waals surface area contributed by atoms with Crippen LogP contribution in [0.15, 0.2) is 54.7 Å². The van der Waals surface area contributed by atoms with Crippen molar-refractivity contribution in [3.63, 3.8) is 0 Å². The van der Waals surface area contributed by atoms with Crippen LogP contribution in [0.1, 0.15) is 47.4 Å². The molecule has 180 valence electrons. The number of nitrogens with one attached hydrogen (secondary N) is 1. The molecule has 2 aromatic carbocycles. The van der Waals surface area contributed by atoms with E-state index in [-0.39, 0.29) is 17.9 Å². The first-order chi connectivity index (χ1) is 16.5. The summed E-state index contributed by atoms with van der Waals surface area (Å²) in [5.41, 5.74) is 3.39. The minimum atomic E-state index is -0.135. The second kappa shape index (κ2) is 11.0. The van der Waals surface area contributed by atoms with Crippen LogP contribution in [0, 0.1) is 0 Å². The number of carbonyl (C=O) groups is 1. The molecule has 0 radical (unpaired) electrons. The van der Waals surface area contributed by atoms with Gasteiger partial charge < -0.3 is 14.8 Å². The maximum Gasteiger partial charge on any atom is 0.254 e. The molecule has 0 spiro atoms. The monoisotopic (exact) mass is 482 g/mol. The highest BCUT2D eigenvalue weighted by Crippen LogP contribution is 2.26. The predicted octanol–water partition coefficient (Wildman–Crippen LogP) is 4.46. The number of carbonyl (C=O) groups excluding carboxylic acids is 1. The molecule has 1 N–H and O–H groups in total. The van der Waals surface area contributed by atoms with E-state index in [0.29, 0.717) is 30.3 Å². The molecule has 1 aromatic heterocycles. The van der Waals surface area contributed by atoms with Gasteiger partial charge in [0.25, 0.3) is 5.91 Å². The molecule has 1 saturated heterocycles. The smallest absolute Gasteiger partial charge is 0.254 e. The van der Waals surface area contributed by atoms with Crippen molar-refractivity contribution in [2.24, 2.45) is 0 Å². The van der Waals surface area contributed by atoms with Gasteiger partial charge in [-0.2, -0.15) is 5.10 Å². The normalized spacial score (nSPS) is 15.3. The highest BCUT2D eigenvalue weighted by atomic mass is 35.5. The Morgan fingerprint density at radius 2 is 1.91 bits per heavy atom. The van der Waals surface area contributed by atoms with E-state index in [1.165, 1.54) is 0 Å². The van der Waals surface area contributed by atoms with Gasteiger partial charge in [-0.15, -0.1) is 0 Å². The number of hydrogen-bond donors (Lipinski definition) is 1. The largest absolute Gasteiger partial charge is 0.497 e. The summed E-state index contributed by atoms with van der Waals surface area (Å²) in [6, 6.07) is 15.5. The van der Waals surface area contributed by atoms with Crippen LogP contribution >= 0.6 is 11.6 Å². The second-order valence-corrected chi connectivity index (χ2v) is 9.07. The number of aromatic nitrogens is 2. The van der Waals surface area contributed by atoms with Crippen molar-refractivity contribution < 1.29 is 14.3 Å². The van der Waals surface area contributed by atoms with Crippen molar-refractivity contribution in [3.8, 4) is 11.4 Å². The van der Waals surface area contributed by atoms with Crippen LogP contribution in [0.2, 0.25) is 5.02 Å². The van der Waals surface area contributed by atoms with Crippen molar-refractivity contribution in [2.75, 3.05) is 40.0 Å². The Morgan fingerprint density at radius 1 is 1.18 bits per heavy atom. The number of amides is 1. The summed E-state index contributed by atoms with van der Waals surface area (Å²) in [5.74, 6) is 0.770. The Bertz CT molecular complexity index is 1110. The Morgan fingerprint density at radius 3 is 2.56 bits per heavy atom. The molecule has 0 saturated carbocycles. The number of nitrogens with zero attached hydrogens (tertiary/aromatic N) is 3. The number of benzene rings is 2. The van der Waals surface area contributed by atoms with Crippen LogP contribution in [0.5, 0.6) is 5.75 Å². The molecule has 2 heterocycles. The topological polar surface area (TPSA) is 68.6 Å². The molecular weight excluding hydrogens is 452 g/mol. The maximum atomic E-state index is 13.3. The first-order valence-corrected chi connectivity index (χ1v) is 11.9. The first kappa shape index (κ1) is 24.3. The molecule has 1 amide bonds. The van der Waals surface area contributed by atoms with Crippen LogP contribution in [-0.2, 0) is 4.74 Å². The van der Waals surface area contributed by atoms with Gasteiger partial charge in [0.2, 0.25) is 0 Å². The maximum absolute atomic E-state index is 13.3. The molecule has 1 fully saturated rings. The zero-order valence-electron chi connectivity index (χ0n) is 19.8. The number of rotatable bonds is 8. The lowest BCUT2D eigenvalue weighted by Crippen LogP contribution is -2.43. The number of halogens is 1. The van der Waals surface area contributed by atoms with E-state index in [9.17, 15) is 4.79 Å². The third-order valence-electron chi connectivity index (χ3n) is 6.09. The van der Waals surface area contributed by atoms with Gasteiger partial charge in [-0.1, -0.05) is 43.6 Å². The number of morpholine rings is 1. The number of methoxy groups -OCH3 is 1. The van der Waals surface area contributed by atoms with Gasteiger partial charge in [0.05, 0.1) is 49.5 Å². The summed E-state index contributed by atoms with van der Waals surface area (Å²) in [4.78, 5) is 15.7. The van der Waals surface area contributed by atoms with E-state index in [1.807, 2.05) is 36.4 Å². The third kappa shape index (κ3) is 5.43. The lowest BCUT2D eigenvalue weighted by atomic mass is 10.0. The fourth-order valence-corrected chi connectivity index (χ4v) is 4.54. The van der Waals surface area contributed by atoms with Crippen LogP contribution in [0.3, 0.4) is 0 Å². The predicted molar refractivity (Wildman–Crippen MR) is 133 cm³/mol. The van der Waals surface area contributed by atoms with Crippen molar-refractivity contribution in [1.82, 2.24) is 20.0 Å². The Balaban J connectivity index is 1.56. The van der Waals surface area contributed by atoms with Gasteiger partial charge >= 0.3 is 0 Å². The molecule has 1 aliphatic heterocycles. The molecule has 4 rings (SSSR count). The molecular formula is C26H31ClN4O3. The first-order valence-electron chi connectivity index (χ1n) is 11.6. The molecule has 0 bridgehead atoms. The van der Waals surface area contributed by atoms with Gasteiger partial charge in [-0.05, 0) is 41.8 Å². The van der Waals surface area contributed by atoms with Crippen LogP contribution < -0.4 is 10.1 Å². The van der Waals surface area contributed by atoms with Gasteiger partial charge in [0.1, 0.15) is 5.75 Å². The summed E-state index contributed by atoms with van der Waals surface area (Å²) in [6.45, 7) is 7.60. The van der Waals surface area contributed by atoms with Crippen LogP contribution in [0.25, 0.3) is 5.69 Å². The zero-order valence-corrected chi connectivity index (χ0v) is 20.6. The Hall–Kier alpha value is -2.87. The molecule has 0 aliphatic carbocycles. The average Bonchev–Trinajstić information content (AvgIpc) is 3.31. The van der Waals surface area contributed by atoms with E-state index in [2.05, 4.69) is 41.3 Å². The summed E-state index contributed by atoms with van der Waals surface area (Å²) in [6.07, 6.45) is 1.64. The lowest BCUT2D eigenvalue weighted by Gasteiger charge is -2.35. The van der Waals surface area contributed by atoms with Gasteiger partial charge in [-0.25, -0.2) is 4.68 Å². The van der Waals surface area contributed by atoms with Gasteiger partial charge in [-0.3, -0.25) is 9.69 Å².